The number of rotatable bonds is 6. The highest BCUT2D eigenvalue weighted by Gasteiger charge is 2.33. The maximum Gasteiger partial charge on any atom is 0.272 e. The van der Waals surface area contributed by atoms with Crippen molar-refractivity contribution < 1.29 is 32.2 Å². The molecule has 1 N–H and O–H groups in total. The summed E-state index contributed by atoms with van der Waals surface area (Å²) in [6, 6.07) is 9.09. The second-order valence-corrected chi connectivity index (χ2v) is 8.14. The first-order chi connectivity index (χ1) is 15.6. The number of hydrogen-bond acceptors (Lipinski definition) is 4. The van der Waals surface area contributed by atoms with E-state index in [2.05, 4.69) is 4.98 Å². The first kappa shape index (κ1) is 22.7. The van der Waals surface area contributed by atoms with E-state index in [-0.39, 0.29) is 34.8 Å². The van der Waals surface area contributed by atoms with Gasteiger partial charge in [-0.15, -0.1) is 0 Å². The summed E-state index contributed by atoms with van der Waals surface area (Å²) in [7, 11) is 0. The average molecular weight is 460 g/mol. The Morgan fingerprint density at radius 1 is 1.12 bits per heavy atom. The van der Waals surface area contributed by atoms with Gasteiger partial charge in [0.2, 0.25) is 0 Å². The van der Waals surface area contributed by atoms with Crippen LogP contribution in [0.1, 0.15) is 35.3 Å². The van der Waals surface area contributed by atoms with Crippen LogP contribution < -0.4 is 9.64 Å². The van der Waals surface area contributed by atoms with Gasteiger partial charge in [0, 0.05) is 40.2 Å². The Balaban J connectivity index is 1.73. The lowest BCUT2D eigenvalue weighted by atomic mass is 9.97. The van der Waals surface area contributed by atoms with E-state index in [1.807, 2.05) is 0 Å². The van der Waals surface area contributed by atoms with Crippen molar-refractivity contribution in [3.63, 3.8) is 0 Å². The van der Waals surface area contributed by atoms with Crippen LogP contribution in [0.2, 0.25) is 0 Å². The van der Waals surface area contributed by atoms with Gasteiger partial charge in [0.15, 0.2) is 0 Å². The molecule has 4 rings (SSSR count). The van der Waals surface area contributed by atoms with Crippen molar-refractivity contribution in [1.29, 1.82) is 0 Å². The summed E-state index contributed by atoms with van der Waals surface area (Å²) >= 11 is 0. The summed E-state index contributed by atoms with van der Waals surface area (Å²) in [6.45, 7) is 2.01. The van der Waals surface area contributed by atoms with Crippen LogP contribution in [-0.2, 0) is 12.1 Å². The van der Waals surface area contributed by atoms with E-state index in [0.29, 0.717) is 11.1 Å². The van der Waals surface area contributed by atoms with E-state index in [4.69, 9.17) is 4.74 Å². The molecule has 0 spiro atoms. The van der Waals surface area contributed by atoms with E-state index in [1.54, 1.807) is 0 Å². The van der Waals surface area contributed by atoms with E-state index >= 15 is 0 Å². The maximum atomic E-state index is 14.6. The molecule has 9 heteroatoms. The van der Waals surface area contributed by atoms with E-state index in [9.17, 15) is 27.5 Å². The van der Waals surface area contributed by atoms with E-state index in [0.717, 1.165) is 12.1 Å². The molecule has 5 nitrogen and oxygen atoms in total. The Morgan fingerprint density at radius 3 is 2.55 bits per heavy atom. The number of benzene rings is 2. The molecule has 1 aromatic heterocycles. The van der Waals surface area contributed by atoms with Crippen LogP contribution in [-0.4, -0.2) is 29.0 Å². The molecule has 2 aromatic carbocycles. The molecule has 0 saturated carbocycles. The van der Waals surface area contributed by atoms with Crippen molar-refractivity contribution in [3.05, 3.63) is 77.0 Å². The van der Waals surface area contributed by atoms with Crippen molar-refractivity contribution >= 4 is 11.6 Å². The first-order valence-electron chi connectivity index (χ1n) is 10.1. The van der Waals surface area contributed by atoms with Gasteiger partial charge in [0.1, 0.15) is 24.0 Å². The second kappa shape index (κ2) is 8.47. The number of alkyl halides is 2. The monoisotopic (exact) mass is 460 g/mol. The van der Waals surface area contributed by atoms with Crippen molar-refractivity contribution in [1.82, 2.24) is 4.98 Å². The molecule has 2 heterocycles. The summed E-state index contributed by atoms with van der Waals surface area (Å²) in [5, 5.41) is 10.1. The summed E-state index contributed by atoms with van der Waals surface area (Å²) in [6.07, 6.45) is -1.37. The molecule has 0 aliphatic carbocycles. The largest absolute Gasteiger partial charge is 0.487 e. The Bertz CT molecular complexity index is 1220. The van der Waals surface area contributed by atoms with Crippen molar-refractivity contribution in [3.8, 4) is 17.0 Å². The number of amides is 1. The fourth-order valence-electron chi connectivity index (χ4n) is 3.80. The molecular formula is C24H20F4N2O3. The Kier molecular flexibility index (Phi) is 5.84. The van der Waals surface area contributed by atoms with Crippen LogP contribution in [0.3, 0.4) is 0 Å². The lowest BCUT2D eigenvalue weighted by Crippen LogP contribution is -2.24. The van der Waals surface area contributed by atoms with Gasteiger partial charge in [-0.2, -0.15) is 0 Å². The summed E-state index contributed by atoms with van der Waals surface area (Å²) < 4.78 is 58.8. The summed E-state index contributed by atoms with van der Waals surface area (Å²) in [5.74, 6) is -1.86. The topological polar surface area (TPSA) is 62.7 Å². The van der Waals surface area contributed by atoms with Crippen LogP contribution in [0.25, 0.3) is 11.3 Å². The average Bonchev–Trinajstić information content (AvgIpc) is 3.08. The van der Waals surface area contributed by atoms with Crippen LogP contribution in [0, 0.1) is 11.6 Å². The number of anilines is 1. The molecule has 172 valence electrons. The van der Waals surface area contributed by atoms with Gasteiger partial charge in [-0.1, -0.05) is 6.07 Å². The third-order valence-electron chi connectivity index (χ3n) is 5.33. The van der Waals surface area contributed by atoms with Crippen LogP contribution >= 0.6 is 0 Å². The van der Waals surface area contributed by atoms with Gasteiger partial charge >= 0.3 is 0 Å². The minimum Gasteiger partial charge on any atom is -0.487 e. The molecule has 0 fully saturated rings. The number of pyridine rings is 1. The first-order valence-corrected chi connectivity index (χ1v) is 10.1. The number of hydrogen-bond donors (Lipinski definition) is 1. The Hall–Kier alpha value is -3.46. The zero-order chi connectivity index (χ0) is 23.9. The van der Waals surface area contributed by atoms with Gasteiger partial charge in [0.25, 0.3) is 12.3 Å². The third-order valence-corrected chi connectivity index (χ3v) is 5.33. The zero-order valence-corrected chi connectivity index (χ0v) is 17.8. The number of ether oxygens (including phenoxy) is 1. The Labute approximate surface area is 187 Å². The van der Waals surface area contributed by atoms with E-state index < -0.39 is 36.2 Å². The highest BCUT2D eigenvalue weighted by Crippen LogP contribution is 2.38. The number of fused-ring (bicyclic) bond motifs is 1. The molecule has 0 atom stereocenters. The van der Waals surface area contributed by atoms with Crippen LogP contribution in [0.5, 0.6) is 5.75 Å². The highest BCUT2D eigenvalue weighted by molar-refractivity contribution is 6.11. The van der Waals surface area contributed by atoms with Gasteiger partial charge in [-0.05, 0) is 44.2 Å². The molecule has 1 aliphatic heterocycles. The molecule has 33 heavy (non-hydrogen) atoms. The fraction of sp³-hybridized carbons (Fsp3) is 0.250. The van der Waals surface area contributed by atoms with E-state index in [1.165, 1.54) is 55.3 Å². The molecule has 0 unspecified atom stereocenters. The van der Waals surface area contributed by atoms with Crippen molar-refractivity contribution in [2.75, 3.05) is 11.5 Å². The standard InChI is InChI=1S/C24H20F4N2O3/c1-24(2,32)18-6-4-14(10-19(18)26)30-11-17-15(23(30)31)7-8-29-22(17)16-5-3-13(25)9-20(16)33-12-21(27)28/h3-10,21,32H,11-12H2,1-2H3. The third kappa shape index (κ3) is 4.41. The number of carbonyl (C=O) groups is 1. The summed E-state index contributed by atoms with van der Waals surface area (Å²) in [4.78, 5) is 18.7. The minimum atomic E-state index is -2.76. The highest BCUT2D eigenvalue weighted by atomic mass is 19.3. The van der Waals surface area contributed by atoms with Crippen molar-refractivity contribution in [2.45, 2.75) is 32.4 Å². The molecule has 0 bridgehead atoms. The normalized spacial score (nSPS) is 13.6. The number of aromatic nitrogens is 1. The fourth-order valence-corrected chi connectivity index (χ4v) is 3.80. The van der Waals surface area contributed by atoms with Crippen LogP contribution in [0.4, 0.5) is 23.2 Å². The predicted octanol–water partition coefficient (Wildman–Crippen LogP) is 5.06. The summed E-state index contributed by atoms with van der Waals surface area (Å²) in [5.41, 5.74) is 0.285. The predicted molar refractivity (Wildman–Crippen MR) is 113 cm³/mol. The quantitative estimate of drug-likeness (QED) is 0.523. The molecule has 3 aromatic rings. The second-order valence-electron chi connectivity index (χ2n) is 8.14. The molecule has 0 saturated heterocycles. The molecule has 1 aliphatic rings. The van der Waals surface area contributed by atoms with Gasteiger partial charge in [-0.3, -0.25) is 9.78 Å². The number of halogens is 4. The lowest BCUT2D eigenvalue weighted by Gasteiger charge is -2.21. The Morgan fingerprint density at radius 2 is 1.88 bits per heavy atom. The minimum absolute atomic E-state index is 0.0321. The SMILES string of the molecule is CC(C)(O)c1ccc(N2Cc3c(ccnc3-c3ccc(F)cc3OCC(F)F)C2=O)cc1F. The van der Waals surface area contributed by atoms with Gasteiger partial charge < -0.3 is 14.7 Å². The number of carbonyl (C=O) groups excluding carboxylic acids is 1. The molecular weight excluding hydrogens is 440 g/mol. The number of aliphatic hydroxyl groups is 1. The van der Waals surface area contributed by atoms with Crippen molar-refractivity contribution in [2.24, 2.45) is 0 Å². The van der Waals surface area contributed by atoms with Crippen LogP contribution in [0.15, 0.2) is 48.7 Å². The van der Waals surface area contributed by atoms with Gasteiger partial charge in [0.05, 0.1) is 17.8 Å². The molecule has 1 amide bonds. The maximum absolute atomic E-state index is 14.6. The smallest absolute Gasteiger partial charge is 0.272 e. The van der Waals surface area contributed by atoms with Gasteiger partial charge in [-0.25, -0.2) is 17.6 Å². The zero-order valence-electron chi connectivity index (χ0n) is 17.8. The molecule has 0 radical (unpaired) electrons. The lowest BCUT2D eigenvalue weighted by molar-refractivity contribution is 0.0745. The number of nitrogens with zero attached hydrogens (tertiary/aromatic N) is 2.